The van der Waals surface area contributed by atoms with Crippen molar-refractivity contribution in [2.45, 2.75) is 26.1 Å². The largest absolute Gasteiger partial charge is 0.348 e. The Morgan fingerprint density at radius 3 is 2.70 bits per heavy atom. The van der Waals surface area contributed by atoms with Gasteiger partial charge in [0, 0.05) is 34.9 Å². The molecule has 0 aliphatic carbocycles. The van der Waals surface area contributed by atoms with Crippen molar-refractivity contribution in [3.63, 3.8) is 0 Å². The van der Waals surface area contributed by atoms with E-state index in [4.69, 9.17) is 23.2 Å². The van der Waals surface area contributed by atoms with Gasteiger partial charge in [-0.15, -0.1) is 0 Å². The summed E-state index contributed by atoms with van der Waals surface area (Å²) in [4.78, 5) is 8.85. The Kier molecular flexibility index (Phi) is 3.78. The third-order valence-electron chi connectivity index (χ3n) is 3.29. The van der Waals surface area contributed by atoms with E-state index < -0.39 is 0 Å². The molecular formula is C14H14Cl2N4. The first-order chi connectivity index (χ1) is 9.61. The topological polar surface area (TPSA) is 49.8 Å². The zero-order chi connectivity index (χ0) is 14.1. The first-order valence-corrected chi connectivity index (χ1v) is 7.15. The average molecular weight is 309 g/mol. The number of halogens is 2. The average Bonchev–Trinajstić information content (AvgIpc) is 2.85. The zero-order valence-corrected chi connectivity index (χ0v) is 12.5. The fourth-order valence-corrected chi connectivity index (χ4v) is 2.77. The maximum absolute atomic E-state index is 6.02. The van der Waals surface area contributed by atoms with E-state index in [0.29, 0.717) is 16.0 Å². The molecule has 1 aromatic carbocycles. The summed E-state index contributed by atoms with van der Waals surface area (Å²) in [6, 6.07) is 5.52. The number of nitrogens with one attached hydrogen (secondary N) is 2. The Labute approximate surface area is 127 Å². The van der Waals surface area contributed by atoms with Crippen molar-refractivity contribution >= 4 is 29.2 Å². The lowest BCUT2D eigenvalue weighted by Crippen LogP contribution is -2.10. The first kappa shape index (κ1) is 13.6. The van der Waals surface area contributed by atoms with Crippen LogP contribution in [0, 0.1) is 0 Å². The van der Waals surface area contributed by atoms with Crippen LogP contribution in [-0.4, -0.2) is 9.97 Å². The van der Waals surface area contributed by atoms with Gasteiger partial charge in [-0.05, 0) is 30.7 Å². The van der Waals surface area contributed by atoms with Crippen molar-refractivity contribution in [1.82, 2.24) is 15.3 Å². The highest BCUT2D eigenvalue weighted by molar-refractivity contribution is 6.34. The minimum atomic E-state index is 0.0265. The smallest absolute Gasteiger partial charge is 0.223 e. The van der Waals surface area contributed by atoms with E-state index in [1.54, 1.807) is 6.07 Å². The minimum Gasteiger partial charge on any atom is -0.348 e. The Bertz CT molecular complexity index is 625. The van der Waals surface area contributed by atoms with Gasteiger partial charge in [0.25, 0.3) is 0 Å². The van der Waals surface area contributed by atoms with E-state index >= 15 is 0 Å². The molecule has 1 unspecified atom stereocenters. The summed E-state index contributed by atoms with van der Waals surface area (Å²) in [5.41, 5.74) is 3.22. The highest BCUT2D eigenvalue weighted by atomic mass is 35.5. The Balaban J connectivity index is 1.80. The molecular weight excluding hydrogens is 295 g/mol. The summed E-state index contributed by atoms with van der Waals surface area (Å²) >= 11 is 12.0. The zero-order valence-electron chi connectivity index (χ0n) is 11.0. The van der Waals surface area contributed by atoms with Gasteiger partial charge >= 0.3 is 0 Å². The van der Waals surface area contributed by atoms with Gasteiger partial charge in [-0.2, -0.15) is 0 Å². The molecule has 1 atom stereocenters. The molecule has 0 spiro atoms. The molecule has 104 valence electrons. The maximum atomic E-state index is 6.02. The lowest BCUT2D eigenvalue weighted by Gasteiger charge is -2.15. The second-order valence-electron chi connectivity index (χ2n) is 4.84. The third kappa shape index (κ3) is 2.87. The molecule has 4 nitrogen and oxygen atoms in total. The molecule has 20 heavy (non-hydrogen) atoms. The van der Waals surface area contributed by atoms with Gasteiger partial charge in [0.05, 0.1) is 11.7 Å². The number of benzene rings is 1. The quantitative estimate of drug-likeness (QED) is 0.910. The van der Waals surface area contributed by atoms with E-state index in [1.807, 2.05) is 25.3 Å². The number of rotatable bonds is 3. The number of aromatic nitrogens is 2. The SMILES string of the molecule is CC(Nc1ncc2c(n1)CNC2)c1cc(Cl)cc(Cl)c1. The van der Waals surface area contributed by atoms with E-state index in [-0.39, 0.29) is 6.04 Å². The van der Waals surface area contributed by atoms with Crippen molar-refractivity contribution in [3.05, 3.63) is 51.3 Å². The predicted octanol–water partition coefficient (Wildman–Crippen LogP) is 3.56. The fourth-order valence-electron chi connectivity index (χ4n) is 2.23. The number of fused-ring (bicyclic) bond motifs is 1. The van der Waals surface area contributed by atoms with Crippen LogP contribution in [0.15, 0.2) is 24.4 Å². The van der Waals surface area contributed by atoms with Crippen molar-refractivity contribution < 1.29 is 0 Å². The van der Waals surface area contributed by atoms with Crippen LogP contribution in [0.1, 0.15) is 29.8 Å². The molecule has 1 aromatic heterocycles. The molecule has 1 aliphatic heterocycles. The van der Waals surface area contributed by atoms with Gasteiger partial charge in [0.15, 0.2) is 0 Å². The molecule has 0 bridgehead atoms. The summed E-state index contributed by atoms with van der Waals surface area (Å²) < 4.78 is 0. The lowest BCUT2D eigenvalue weighted by molar-refractivity contribution is 0.757. The van der Waals surface area contributed by atoms with Crippen molar-refractivity contribution in [2.75, 3.05) is 5.32 Å². The summed E-state index contributed by atoms with van der Waals surface area (Å²) in [5.74, 6) is 0.621. The van der Waals surface area contributed by atoms with Crippen LogP contribution in [0.25, 0.3) is 0 Å². The number of hydrogen-bond acceptors (Lipinski definition) is 4. The van der Waals surface area contributed by atoms with Gasteiger partial charge in [-0.3, -0.25) is 0 Å². The lowest BCUT2D eigenvalue weighted by atomic mass is 10.1. The molecule has 2 aromatic rings. The van der Waals surface area contributed by atoms with Crippen LogP contribution in [-0.2, 0) is 13.1 Å². The van der Waals surface area contributed by atoms with Gasteiger partial charge in [-0.1, -0.05) is 23.2 Å². The van der Waals surface area contributed by atoms with Crippen LogP contribution in [0.4, 0.5) is 5.95 Å². The van der Waals surface area contributed by atoms with Gasteiger partial charge in [0.2, 0.25) is 5.95 Å². The second-order valence-corrected chi connectivity index (χ2v) is 5.71. The Morgan fingerprint density at radius 1 is 1.20 bits per heavy atom. The molecule has 0 fully saturated rings. The van der Waals surface area contributed by atoms with Crippen LogP contribution in [0.3, 0.4) is 0 Å². The van der Waals surface area contributed by atoms with Crippen LogP contribution in [0.2, 0.25) is 10.0 Å². The molecule has 6 heteroatoms. The fraction of sp³-hybridized carbons (Fsp3) is 0.286. The summed E-state index contributed by atoms with van der Waals surface area (Å²) in [7, 11) is 0. The number of anilines is 1. The minimum absolute atomic E-state index is 0.0265. The van der Waals surface area contributed by atoms with E-state index in [0.717, 1.165) is 29.9 Å². The van der Waals surface area contributed by atoms with Crippen LogP contribution >= 0.6 is 23.2 Å². The number of nitrogens with zero attached hydrogens (tertiary/aromatic N) is 2. The van der Waals surface area contributed by atoms with Crippen LogP contribution < -0.4 is 10.6 Å². The third-order valence-corrected chi connectivity index (χ3v) is 3.73. The van der Waals surface area contributed by atoms with Gasteiger partial charge < -0.3 is 10.6 Å². The summed E-state index contributed by atoms with van der Waals surface area (Å²) in [6.07, 6.45) is 1.86. The molecule has 0 amide bonds. The van der Waals surface area contributed by atoms with Crippen molar-refractivity contribution in [1.29, 1.82) is 0 Å². The molecule has 1 aliphatic rings. The van der Waals surface area contributed by atoms with Crippen LogP contribution in [0.5, 0.6) is 0 Å². The summed E-state index contributed by atoms with van der Waals surface area (Å²) in [6.45, 7) is 3.66. The highest BCUT2D eigenvalue weighted by Crippen LogP contribution is 2.25. The second kappa shape index (κ2) is 5.56. The van der Waals surface area contributed by atoms with E-state index in [9.17, 15) is 0 Å². The number of hydrogen-bond donors (Lipinski definition) is 2. The monoisotopic (exact) mass is 308 g/mol. The van der Waals surface area contributed by atoms with E-state index in [2.05, 4.69) is 20.6 Å². The molecule has 0 saturated carbocycles. The molecule has 3 rings (SSSR count). The van der Waals surface area contributed by atoms with Gasteiger partial charge in [0.1, 0.15) is 0 Å². The predicted molar refractivity (Wildman–Crippen MR) is 81.1 cm³/mol. The Morgan fingerprint density at radius 2 is 1.95 bits per heavy atom. The first-order valence-electron chi connectivity index (χ1n) is 6.40. The highest BCUT2D eigenvalue weighted by Gasteiger charge is 2.14. The Hall–Kier alpha value is -1.36. The molecule has 2 heterocycles. The normalized spacial score (nSPS) is 14.9. The van der Waals surface area contributed by atoms with E-state index in [1.165, 1.54) is 0 Å². The standard InChI is InChI=1S/C14H14Cl2N4/c1-8(9-2-11(15)4-12(16)3-9)19-14-18-6-10-5-17-7-13(10)20-14/h2-4,6,8,17H,5,7H2,1H3,(H,18,19,20). The maximum Gasteiger partial charge on any atom is 0.223 e. The van der Waals surface area contributed by atoms with Crippen molar-refractivity contribution in [3.8, 4) is 0 Å². The molecule has 0 radical (unpaired) electrons. The molecule has 2 N–H and O–H groups in total. The molecule has 0 saturated heterocycles. The van der Waals surface area contributed by atoms with Crippen molar-refractivity contribution in [2.24, 2.45) is 0 Å². The van der Waals surface area contributed by atoms with Gasteiger partial charge in [-0.25, -0.2) is 9.97 Å². The summed E-state index contributed by atoms with van der Waals surface area (Å²) in [5, 5.41) is 7.78.